The molecule has 1 fully saturated rings. The summed E-state index contributed by atoms with van der Waals surface area (Å²) in [5.74, 6) is -3.78. The number of carbonyl (C=O) groups excluding carboxylic acids is 5. The molecule has 1 saturated heterocycles. The molecule has 150 valence electrons. The van der Waals surface area contributed by atoms with E-state index in [1.807, 2.05) is 0 Å². The second-order valence-electron chi connectivity index (χ2n) is 7.24. The molecule has 0 radical (unpaired) electrons. The van der Waals surface area contributed by atoms with E-state index in [1.165, 1.54) is 29.2 Å². The van der Waals surface area contributed by atoms with Crippen molar-refractivity contribution in [3.63, 3.8) is 0 Å². The SMILES string of the molecule is CN1C(=O)C(=O)N(CC(=O)N(CC(=O)Nc2ccc(F)cc2)C(C)(C)C)C1=O. The number of amides is 6. The van der Waals surface area contributed by atoms with Crippen LogP contribution >= 0.6 is 0 Å². The number of anilines is 1. The van der Waals surface area contributed by atoms with Crippen molar-refractivity contribution in [3.8, 4) is 0 Å². The number of likely N-dealkylation sites (N-methyl/N-ethyl adjacent to an activating group) is 1. The first-order valence-corrected chi connectivity index (χ1v) is 8.41. The van der Waals surface area contributed by atoms with Gasteiger partial charge < -0.3 is 10.2 Å². The van der Waals surface area contributed by atoms with E-state index in [2.05, 4.69) is 5.32 Å². The highest BCUT2D eigenvalue weighted by molar-refractivity contribution is 6.44. The average molecular weight is 392 g/mol. The Morgan fingerprint density at radius 3 is 2.11 bits per heavy atom. The highest BCUT2D eigenvalue weighted by Gasteiger charge is 2.44. The second kappa shape index (κ2) is 7.75. The number of hydrogen-bond acceptors (Lipinski definition) is 5. The second-order valence-corrected chi connectivity index (χ2v) is 7.24. The van der Waals surface area contributed by atoms with Crippen LogP contribution in [0.3, 0.4) is 0 Å². The van der Waals surface area contributed by atoms with Gasteiger partial charge in [0.25, 0.3) is 0 Å². The van der Waals surface area contributed by atoms with Gasteiger partial charge in [-0.15, -0.1) is 0 Å². The lowest BCUT2D eigenvalue weighted by molar-refractivity contribution is -0.146. The first kappa shape index (κ1) is 21.0. The molecular weight excluding hydrogens is 371 g/mol. The summed E-state index contributed by atoms with van der Waals surface area (Å²) in [5.41, 5.74) is -0.455. The molecule has 0 atom stereocenters. The largest absolute Gasteiger partial charge is 0.334 e. The minimum absolute atomic E-state index is 0.352. The zero-order valence-corrected chi connectivity index (χ0v) is 16.0. The van der Waals surface area contributed by atoms with Crippen molar-refractivity contribution >= 4 is 35.3 Å². The molecule has 1 aliphatic rings. The van der Waals surface area contributed by atoms with Gasteiger partial charge in [0.15, 0.2) is 0 Å². The van der Waals surface area contributed by atoms with E-state index in [0.29, 0.717) is 15.5 Å². The third kappa shape index (κ3) is 4.51. The Bertz CT molecular complexity index is 831. The molecule has 0 spiro atoms. The summed E-state index contributed by atoms with van der Waals surface area (Å²) >= 11 is 0. The number of imide groups is 2. The highest BCUT2D eigenvalue weighted by Crippen LogP contribution is 2.17. The smallest absolute Gasteiger partial charge is 0.327 e. The standard InChI is InChI=1S/C18H21FN4O5/c1-18(2,3)23(9-13(24)20-12-7-5-11(19)6-8-12)14(25)10-22-16(27)15(26)21(4)17(22)28/h5-8H,9-10H2,1-4H3,(H,20,24). The Kier molecular flexibility index (Phi) is 5.81. The number of carbonyl (C=O) groups is 5. The quantitative estimate of drug-likeness (QED) is 0.590. The van der Waals surface area contributed by atoms with E-state index >= 15 is 0 Å². The molecule has 1 aromatic rings. The van der Waals surface area contributed by atoms with Crippen LogP contribution in [0.25, 0.3) is 0 Å². The minimum atomic E-state index is -1.09. The van der Waals surface area contributed by atoms with Crippen molar-refractivity contribution in [1.82, 2.24) is 14.7 Å². The summed E-state index contributed by atoms with van der Waals surface area (Å²) in [5, 5.41) is 2.54. The Labute approximate surface area is 161 Å². The fraction of sp³-hybridized carbons (Fsp3) is 0.389. The van der Waals surface area contributed by atoms with Gasteiger partial charge in [-0.05, 0) is 45.0 Å². The van der Waals surface area contributed by atoms with Gasteiger partial charge in [0.2, 0.25) is 11.8 Å². The zero-order chi connectivity index (χ0) is 21.2. The Hall–Kier alpha value is -3.30. The van der Waals surface area contributed by atoms with E-state index in [-0.39, 0.29) is 6.54 Å². The number of urea groups is 1. The third-order valence-electron chi connectivity index (χ3n) is 4.08. The van der Waals surface area contributed by atoms with Crippen molar-refractivity contribution in [2.75, 3.05) is 25.5 Å². The van der Waals surface area contributed by atoms with E-state index < -0.39 is 47.6 Å². The van der Waals surface area contributed by atoms with Crippen LogP contribution < -0.4 is 5.32 Å². The molecule has 1 N–H and O–H groups in total. The van der Waals surface area contributed by atoms with Gasteiger partial charge in [-0.25, -0.2) is 14.1 Å². The summed E-state index contributed by atoms with van der Waals surface area (Å²) in [7, 11) is 1.14. The molecule has 0 unspecified atom stereocenters. The third-order valence-corrected chi connectivity index (χ3v) is 4.08. The van der Waals surface area contributed by atoms with Crippen LogP contribution in [0.2, 0.25) is 0 Å². The Morgan fingerprint density at radius 1 is 1.07 bits per heavy atom. The molecule has 0 aromatic heterocycles. The van der Waals surface area contributed by atoms with E-state index in [9.17, 15) is 28.4 Å². The molecule has 6 amide bonds. The number of rotatable bonds is 5. The van der Waals surface area contributed by atoms with Crippen LogP contribution in [-0.2, 0) is 19.2 Å². The lowest BCUT2D eigenvalue weighted by Crippen LogP contribution is -2.53. The number of nitrogens with zero attached hydrogens (tertiary/aromatic N) is 3. The Morgan fingerprint density at radius 2 is 1.64 bits per heavy atom. The highest BCUT2D eigenvalue weighted by atomic mass is 19.1. The summed E-state index contributed by atoms with van der Waals surface area (Å²) in [4.78, 5) is 62.8. The van der Waals surface area contributed by atoms with Crippen LogP contribution in [0.1, 0.15) is 20.8 Å². The van der Waals surface area contributed by atoms with E-state index in [1.54, 1.807) is 20.8 Å². The topological polar surface area (TPSA) is 107 Å². The molecule has 2 rings (SSSR count). The van der Waals surface area contributed by atoms with Gasteiger partial charge in [-0.3, -0.25) is 24.1 Å². The van der Waals surface area contributed by atoms with E-state index in [0.717, 1.165) is 7.05 Å². The van der Waals surface area contributed by atoms with E-state index in [4.69, 9.17) is 0 Å². The Balaban J connectivity index is 2.10. The van der Waals surface area contributed by atoms with Crippen LogP contribution in [0, 0.1) is 5.82 Å². The predicted octanol–water partition coefficient (Wildman–Crippen LogP) is 0.812. The number of halogens is 1. The van der Waals surface area contributed by atoms with Gasteiger partial charge in [0.1, 0.15) is 18.9 Å². The number of hydrogen-bond donors (Lipinski definition) is 1. The number of nitrogens with one attached hydrogen (secondary N) is 1. The van der Waals surface area contributed by atoms with Crippen molar-refractivity contribution in [3.05, 3.63) is 30.1 Å². The van der Waals surface area contributed by atoms with Crippen LogP contribution in [-0.4, -0.2) is 70.0 Å². The minimum Gasteiger partial charge on any atom is -0.327 e. The van der Waals surface area contributed by atoms with Gasteiger partial charge in [0, 0.05) is 18.3 Å². The summed E-state index contributed by atoms with van der Waals surface area (Å²) < 4.78 is 13.0. The van der Waals surface area contributed by atoms with Crippen molar-refractivity contribution in [1.29, 1.82) is 0 Å². The molecule has 9 nitrogen and oxygen atoms in total. The maximum absolute atomic E-state index is 13.0. The van der Waals surface area contributed by atoms with Crippen LogP contribution in [0.4, 0.5) is 14.9 Å². The molecule has 1 aromatic carbocycles. The normalized spacial score (nSPS) is 14.5. The predicted molar refractivity (Wildman–Crippen MR) is 96.4 cm³/mol. The van der Waals surface area contributed by atoms with Crippen LogP contribution in [0.5, 0.6) is 0 Å². The summed E-state index contributed by atoms with van der Waals surface area (Å²) in [6, 6.07) is 4.22. The number of benzene rings is 1. The molecule has 0 bridgehead atoms. The maximum Gasteiger partial charge on any atom is 0.334 e. The molecule has 1 heterocycles. The maximum atomic E-state index is 13.0. The first-order valence-electron chi connectivity index (χ1n) is 8.41. The van der Waals surface area contributed by atoms with Crippen molar-refractivity contribution < 1.29 is 28.4 Å². The monoisotopic (exact) mass is 392 g/mol. The molecule has 0 aliphatic carbocycles. The lowest BCUT2D eigenvalue weighted by atomic mass is 10.1. The molecule has 1 aliphatic heterocycles. The van der Waals surface area contributed by atoms with Crippen LogP contribution in [0.15, 0.2) is 24.3 Å². The fourth-order valence-electron chi connectivity index (χ4n) is 2.55. The summed E-state index contributed by atoms with van der Waals surface area (Å²) in [6.07, 6.45) is 0. The average Bonchev–Trinajstić information content (AvgIpc) is 2.78. The zero-order valence-electron chi connectivity index (χ0n) is 16.0. The van der Waals surface area contributed by atoms with Crippen molar-refractivity contribution in [2.24, 2.45) is 0 Å². The van der Waals surface area contributed by atoms with Crippen molar-refractivity contribution in [2.45, 2.75) is 26.3 Å². The first-order chi connectivity index (χ1) is 12.9. The van der Waals surface area contributed by atoms with Gasteiger partial charge in [-0.2, -0.15) is 0 Å². The summed E-state index contributed by atoms with van der Waals surface area (Å²) in [6.45, 7) is 4.03. The molecule has 0 saturated carbocycles. The van der Waals surface area contributed by atoms with Gasteiger partial charge in [0.05, 0.1) is 0 Å². The molecule has 10 heteroatoms. The molecule has 28 heavy (non-hydrogen) atoms. The lowest BCUT2D eigenvalue weighted by Gasteiger charge is -2.35. The van der Waals surface area contributed by atoms with Gasteiger partial charge in [-0.1, -0.05) is 0 Å². The molecular formula is C18H21FN4O5. The van der Waals surface area contributed by atoms with Gasteiger partial charge >= 0.3 is 17.8 Å². The fourth-order valence-corrected chi connectivity index (χ4v) is 2.55.